The summed E-state index contributed by atoms with van der Waals surface area (Å²) in [6, 6.07) is 2.70. The first-order valence-corrected chi connectivity index (χ1v) is 8.64. The minimum absolute atomic E-state index is 0.150. The Morgan fingerprint density at radius 3 is 2.45 bits per heavy atom. The third kappa shape index (κ3) is 3.73. The van der Waals surface area contributed by atoms with Crippen molar-refractivity contribution in [1.82, 2.24) is 9.55 Å². The van der Waals surface area contributed by atoms with Gasteiger partial charge in [-0.05, 0) is 12.1 Å². The summed E-state index contributed by atoms with van der Waals surface area (Å²) in [5, 5.41) is 2.76. The second-order valence-corrected chi connectivity index (χ2v) is 7.48. The highest BCUT2D eigenvalue weighted by Crippen LogP contribution is 2.32. The maximum Gasteiger partial charge on any atom is 0.240 e. The van der Waals surface area contributed by atoms with Gasteiger partial charge in [0.05, 0.1) is 20.8 Å². The zero-order valence-corrected chi connectivity index (χ0v) is 14.3. The molecule has 2 aromatic rings. The van der Waals surface area contributed by atoms with Crippen molar-refractivity contribution in [1.29, 1.82) is 0 Å². The minimum atomic E-state index is -3.86. The summed E-state index contributed by atoms with van der Waals surface area (Å²) in [4.78, 5) is 15.6. The molecular weight excluding hydrogens is 373 g/mol. The fourth-order valence-corrected chi connectivity index (χ4v) is 3.56. The topological polar surface area (TPSA) is 81.1 Å². The lowest BCUT2D eigenvalue weighted by Gasteiger charge is -2.09. The van der Waals surface area contributed by atoms with Crippen LogP contribution in [0.3, 0.4) is 0 Å². The monoisotopic (exact) mass is 381 g/mol. The second-order valence-electron chi connectivity index (χ2n) is 4.37. The van der Waals surface area contributed by atoms with E-state index in [2.05, 4.69) is 10.3 Å². The number of hydrogen-bond acceptors (Lipinski definition) is 4. The molecule has 1 N–H and O–H groups in total. The molecule has 0 spiro atoms. The number of carbonyl (C=O) groups is 1. The number of aromatic nitrogens is 2. The molecule has 1 aromatic carbocycles. The van der Waals surface area contributed by atoms with Gasteiger partial charge in [0, 0.05) is 19.4 Å². The molecule has 0 unspecified atom stereocenters. The van der Waals surface area contributed by atoms with Gasteiger partial charge in [0.1, 0.15) is 5.75 Å². The molecule has 0 bridgehead atoms. The van der Waals surface area contributed by atoms with E-state index in [9.17, 15) is 13.2 Å². The lowest BCUT2D eigenvalue weighted by molar-refractivity contribution is -0.113. The first-order chi connectivity index (χ1) is 10.2. The molecule has 0 aliphatic heterocycles. The first-order valence-electron chi connectivity index (χ1n) is 5.85. The number of carbonyl (C=O) groups excluding carboxylic acids is 1. The lowest BCUT2D eigenvalue weighted by atomic mass is 10.3. The van der Waals surface area contributed by atoms with Crippen molar-refractivity contribution in [2.24, 2.45) is 7.05 Å². The number of aryl methyl sites for hydroxylation is 1. The average Bonchev–Trinajstić information content (AvgIpc) is 2.82. The Morgan fingerprint density at radius 2 is 1.86 bits per heavy atom. The fraction of sp³-hybridized carbons (Fsp3) is 0.167. The maximum absolute atomic E-state index is 12.1. The van der Waals surface area contributed by atoms with Gasteiger partial charge < -0.3 is 9.88 Å². The number of benzene rings is 1. The van der Waals surface area contributed by atoms with Gasteiger partial charge in [-0.1, -0.05) is 34.8 Å². The Kier molecular flexibility index (Phi) is 5.01. The van der Waals surface area contributed by atoms with Crippen LogP contribution in [0.4, 0.5) is 5.69 Å². The van der Waals surface area contributed by atoms with Gasteiger partial charge in [0.2, 0.25) is 20.9 Å². The number of anilines is 1. The first kappa shape index (κ1) is 17.1. The van der Waals surface area contributed by atoms with E-state index in [1.54, 1.807) is 0 Å². The highest BCUT2D eigenvalue weighted by Gasteiger charge is 2.24. The van der Waals surface area contributed by atoms with Crippen LogP contribution < -0.4 is 5.32 Å². The van der Waals surface area contributed by atoms with E-state index >= 15 is 0 Å². The number of halogens is 3. The molecule has 0 fully saturated rings. The van der Waals surface area contributed by atoms with Gasteiger partial charge in [-0.15, -0.1) is 0 Å². The molecular formula is C12H10Cl3N3O3S. The zero-order chi connectivity index (χ0) is 16.5. The molecule has 6 nitrogen and oxygen atoms in total. The maximum atomic E-state index is 12.1. The van der Waals surface area contributed by atoms with Crippen LogP contribution in [0, 0.1) is 0 Å². The second kappa shape index (κ2) is 6.45. The smallest absolute Gasteiger partial charge is 0.240 e. The predicted molar refractivity (Wildman–Crippen MR) is 85.4 cm³/mol. The van der Waals surface area contributed by atoms with Crippen molar-refractivity contribution in [3.63, 3.8) is 0 Å². The van der Waals surface area contributed by atoms with E-state index in [1.807, 2.05) is 0 Å². The van der Waals surface area contributed by atoms with E-state index in [-0.39, 0.29) is 25.9 Å². The molecule has 22 heavy (non-hydrogen) atoms. The van der Waals surface area contributed by atoms with E-state index in [0.29, 0.717) is 0 Å². The number of hydrogen-bond donors (Lipinski definition) is 1. The molecule has 0 atom stereocenters. The molecule has 1 heterocycles. The number of amides is 1. The zero-order valence-electron chi connectivity index (χ0n) is 11.2. The molecule has 2 rings (SSSR count). The summed E-state index contributed by atoms with van der Waals surface area (Å²) in [6.07, 6.45) is 2.81. The fourth-order valence-electron chi connectivity index (χ4n) is 1.69. The van der Waals surface area contributed by atoms with Gasteiger partial charge >= 0.3 is 0 Å². The third-order valence-electron chi connectivity index (χ3n) is 2.66. The van der Waals surface area contributed by atoms with Crippen molar-refractivity contribution >= 4 is 56.2 Å². The van der Waals surface area contributed by atoms with Gasteiger partial charge in [0.15, 0.2) is 0 Å². The van der Waals surface area contributed by atoms with Crippen LogP contribution in [0.25, 0.3) is 0 Å². The van der Waals surface area contributed by atoms with Crippen molar-refractivity contribution in [3.8, 4) is 0 Å². The van der Waals surface area contributed by atoms with Gasteiger partial charge in [-0.2, -0.15) is 0 Å². The Morgan fingerprint density at radius 1 is 1.23 bits per heavy atom. The van der Waals surface area contributed by atoms with E-state index in [4.69, 9.17) is 34.8 Å². The highest BCUT2D eigenvalue weighted by molar-refractivity contribution is 7.92. The van der Waals surface area contributed by atoms with E-state index in [1.165, 1.54) is 36.1 Å². The molecule has 0 saturated heterocycles. The molecule has 0 saturated carbocycles. The Balaban J connectivity index is 2.18. The minimum Gasteiger partial charge on any atom is -0.325 e. The summed E-state index contributed by atoms with van der Waals surface area (Å²) in [5.74, 6) is -1.53. The van der Waals surface area contributed by atoms with Gasteiger partial charge in [-0.3, -0.25) is 4.79 Å². The van der Waals surface area contributed by atoms with E-state index < -0.39 is 21.5 Å². The van der Waals surface area contributed by atoms with Crippen molar-refractivity contribution in [2.45, 2.75) is 5.16 Å². The Hall–Kier alpha value is -1.28. The highest BCUT2D eigenvalue weighted by atomic mass is 35.5. The average molecular weight is 383 g/mol. The molecule has 10 heteroatoms. The Labute approximate surface area is 141 Å². The largest absolute Gasteiger partial charge is 0.325 e. The number of imidazole rings is 1. The molecule has 118 valence electrons. The van der Waals surface area contributed by atoms with Gasteiger partial charge in [0.25, 0.3) is 0 Å². The Bertz CT molecular complexity index is 833. The number of rotatable bonds is 4. The predicted octanol–water partition coefficient (Wildman–Crippen LogP) is 2.79. The van der Waals surface area contributed by atoms with Crippen LogP contribution in [0.15, 0.2) is 29.7 Å². The van der Waals surface area contributed by atoms with Crippen LogP contribution in [-0.4, -0.2) is 29.6 Å². The van der Waals surface area contributed by atoms with Crippen LogP contribution in [-0.2, 0) is 21.7 Å². The van der Waals surface area contributed by atoms with Crippen LogP contribution in [0.2, 0.25) is 15.1 Å². The number of nitrogens with one attached hydrogen (secondary N) is 1. The quantitative estimate of drug-likeness (QED) is 0.824. The standard InChI is InChI=1S/C12H10Cl3N3O3S/c1-18-3-2-16-12(18)22(20,21)6-11(19)17-10-5-8(14)7(13)4-9(10)15/h2-5H,6H2,1H3,(H,17,19). The summed E-state index contributed by atoms with van der Waals surface area (Å²) >= 11 is 17.5. The molecule has 1 aromatic heterocycles. The molecule has 0 aliphatic carbocycles. The molecule has 0 aliphatic rings. The van der Waals surface area contributed by atoms with Crippen molar-refractivity contribution in [2.75, 3.05) is 11.1 Å². The molecule has 1 amide bonds. The normalized spacial score (nSPS) is 11.5. The van der Waals surface area contributed by atoms with Crippen LogP contribution in [0.1, 0.15) is 0 Å². The van der Waals surface area contributed by atoms with Crippen molar-refractivity contribution < 1.29 is 13.2 Å². The van der Waals surface area contributed by atoms with Crippen molar-refractivity contribution in [3.05, 3.63) is 39.6 Å². The third-order valence-corrected chi connectivity index (χ3v) is 5.29. The summed E-state index contributed by atoms with van der Waals surface area (Å²) in [7, 11) is -2.34. The number of sulfone groups is 1. The van der Waals surface area contributed by atoms with Crippen LogP contribution in [0.5, 0.6) is 0 Å². The number of nitrogens with zero attached hydrogens (tertiary/aromatic N) is 2. The summed E-state index contributed by atoms with van der Waals surface area (Å²) < 4.78 is 25.5. The summed E-state index contributed by atoms with van der Waals surface area (Å²) in [5.41, 5.74) is 0.177. The lowest BCUT2D eigenvalue weighted by Crippen LogP contribution is -2.24. The molecule has 0 radical (unpaired) electrons. The van der Waals surface area contributed by atoms with E-state index in [0.717, 1.165) is 0 Å². The van der Waals surface area contributed by atoms with Gasteiger partial charge in [-0.25, -0.2) is 13.4 Å². The summed E-state index contributed by atoms with van der Waals surface area (Å²) in [6.45, 7) is 0. The van der Waals surface area contributed by atoms with Crippen LogP contribution >= 0.6 is 34.8 Å². The SMILES string of the molecule is Cn1ccnc1S(=O)(=O)CC(=O)Nc1cc(Cl)c(Cl)cc1Cl.